The van der Waals surface area contributed by atoms with E-state index in [0.29, 0.717) is 35.4 Å². The van der Waals surface area contributed by atoms with E-state index < -0.39 is 0 Å². The van der Waals surface area contributed by atoms with Crippen molar-refractivity contribution in [1.29, 1.82) is 0 Å². The number of carbonyl (C=O) groups is 1. The molecule has 0 radical (unpaired) electrons. The Hall–Kier alpha value is -1.75. The van der Waals surface area contributed by atoms with Crippen molar-refractivity contribution in [3.63, 3.8) is 0 Å². The molecular weight excluding hydrogens is 256 g/mol. The molecule has 0 aromatic heterocycles. The first-order valence-corrected chi connectivity index (χ1v) is 6.99. The second kappa shape index (κ2) is 6.61. The number of amides is 1. The standard InChI is InChI=1S/C15H22N2O3/c1-20-13-7-3-6-12(16)14(13)15(19)17-8-10-4-2-5-11(10)9-18/h3,6-7,10-11,18H,2,4-5,8-9,16H2,1H3,(H,17,19). The third-order valence-corrected chi connectivity index (χ3v) is 4.08. The van der Waals surface area contributed by atoms with Crippen LogP contribution in [0.1, 0.15) is 29.6 Å². The van der Waals surface area contributed by atoms with E-state index in [-0.39, 0.29) is 12.5 Å². The lowest BCUT2D eigenvalue weighted by molar-refractivity contribution is 0.0935. The van der Waals surface area contributed by atoms with Crippen molar-refractivity contribution >= 4 is 11.6 Å². The Morgan fingerprint density at radius 1 is 1.45 bits per heavy atom. The van der Waals surface area contributed by atoms with Crippen molar-refractivity contribution in [2.75, 3.05) is 26.0 Å². The number of aliphatic hydroxyl groups is 1. The quantitative estimate of drug-likeness (QED) is 0.711. The van der Waals surface area contributed by atoms with Gasteiger partial charge in [-0.2, -0.15) is 0 Å². The van der Waals surface area contributed by atoms with Gasteiger partial charge < -0.3 is 20.9 Å². The maximum absolute atomic E-state index is 12.3. The smallest absolute Gasteiger partial charge is 0.257 e. The number of ether oxygens (including phenoxy) is 1. The van der Waals surface area contributed by atoms with Crippen LogP contribution in [0, 0.1) is 11.8 Å². The van der Waals surface area contributed by atoms with Gasteiger partial charge in [-0.1, -0.05) is 12.5 Å². The Morgan fingerprint density at radius 3 is 2.90 bits per heavy atom. The van der Waals surface area contributed by atoms with E-state index in [0.717, 1.165) is 19.3 Å². The molecule has 110 valence electrons. The van der Waals surface area contributed by atoms with Crippen LogP contribution < -0.4 is 15.8 Å². The first kappa shape index (κ1) is 14.7. The summed E-state index contributed by atoms with van der Waals surface area (Å²) in [6.07, 6.45) is 3.20. The number of hydrogen-bond acceptors (Lipinski definition) is 4. The van der Waals surface area contributed by atoms with Gasteiger partial charge in [0, 0.05) is 18.8 Å². The zero-order chi connectivity index (χ0) is 14.5. The summed E-state index contributed by atoms with van der Waals surface area (Å²) in [4.78, 5) is 12.3. The van der Waals surface area contributed by atoms with E-state index in [4.69, 9.17) is 10.5 Å². The highest BCUT2D eigenvalue weighted by Crippen LogP contribution is 2.31. The zero-order valence-electron chi connectivity index (χ0n) is 11.8. The molecule has 2 atom stereocenters. The third kappa shape index (κ3) is 3.04. The first-order chi connectivity index (χ1) is 9.67. The second-order valence-corrected chi connectivity index (χ2v) is 5.27. The lowest BCUT2D eigenvalue weighted by atomic mass is 9.97. The maximum Gasteiger partial charge on any atom is 0.257 e. The third-order valence-electron chi connectivity index (χ3n) is 4.08. The monoisotopic (exact) mass is 278 g/mol. The summed E-state index contributed by atoms with van der Waals surface area (Å²) < 4.78 is 5.18. The molecule has 2 unspecified atom stereocenters. The Kier molecular flexibility index (Phi) is 4.84. The lowest BCUT2D eigenvalue weighted by Crippen LogP contribution is -2.32. The average molecular weight is 278 g/mol. The van der Waals surface area contributed by atoms with Crippen LogP contribution in [0.5, 0.6) is 5.75 Å². The summed E-state index contributed by atoms with van der Waals surface area (Å²) in [6.45, 7) is 0.763. The van der Waals surface area contributed by atoms with Crippen molar-refractivity contribution in [2.24, 2.45) is 11.8 Å². The van der Waals surface area contributed by atoms with E-state index in [1.54, 1.807) is 18.2 Å². The molecule has 0 heterocycles. The van der Waals surface area contributed by atoms with Gasteiger partial charge in [-0.05, 0) is 36.8 Å². The maximum atomic E-state index is 12.3. The van der Waals surface area contributed by atoms with Crippen LogP contribution >= 0.6 is 0 Å². The highest BCUT2D eigenvalue weighted by molar-refractivity contribution is 6.01. The van der Waals surface area contributed by atoms with Crippen molar-refractivity contribution in [2.45, 2.75) is 19.3 Å². The fourth-order valence-electron chi connectivity index (χ4n) is 2.90. The van der Waals surface area contributed by atoms with Gasteiger partial charge in [0.2, 0.25) is 0 Å². The number of methoxy groups -OCH3 is 1. The van der Waals surface area contributed by atoms with Gasteiger partial charge in [-0.15, -0.1) is 0 Å². The van der Waals surface area contributed by atoms with Crippen LogP contribution in [0.3, 0.4) is 0 Å². The molecule has 1 aliphatic rings. The molecule has 1 aromatic carbocycles. The van der Waals surface area contributed by atoms with Gasteiger partial charge in [0.15, 0.2) is 0 Å². The topological polar surface area (TPSA) is 84.6 Å². The lowest BCUT2D eigenvalue weighted by Gasteiger charge is -2.18. The van der Waals surface area contributed by atoms with Crippen molar-refractivity contribution < 1.29 is 14.6 Å². The molecule has 5 heteroatoms. The molecule has 1 saturated carbocycles. The van der Waals surface area contributed by atoms with Crippen LogP contribution in [-0.4, -0.2) is 31.3 Å². The largest absolute Gasteiger partial charge is 0.496 e. The highest BCUT2D eigenvalue weighted by Gasteiger charge is 2.27. The van der Waals surface area contributed by atoms with Crippen LogP contribution in [-0.2, 0) is 0 Å². The fraction of sp³-hybridized carbons (Fsp3) is 0.533. The molecule has 0 aliphatic heterocycles. The van der Waals surface area contributed by atoms with Gasteiger partial charge >= 0.3 is 0 Å². The van der Waals surface area contributed by atoms with E-state index in [2.05, 4.69) is 5.32 Å². The van der Waals surface area contributed by atoms with Crippen molar-refractivity contribution in [3.8, 4) is 5.75 Å². The van der Waals surface area contributed by atoms with Crippen molar-refractivity contribution in [1.82, 2.24) is 5.32 Å². The number of anilines is 1. The summed E-state index contributed by atoms with van der Waals surface area (Å²) in [5.74, 6) is 0.904. The summed E-state index contributed by atoms with van der Waals surface area (Å²) in [6, 6.07) is 5.16. The molecule has 0 spiro atoms. The Morgan fingerprint density at radius 2 is 2.20 bits per heavy atom. The molecule has 2 rings (SSSR count). The van der Waals surface area contributed by atoms with Crippen LogP contribution in [0.15, 0.2) is 18.2 Å². The number of benzene rings is 1. The minimum absolute atomic E-state index is 0.192. The normalized spacial score (nSPS) is 21.7. The van der Waals surface area contributed by atoms with E-state index in [9.17, 15) is 9.90 Å². The summed E-state index contributed by atoms with van der Waals surface area (Å²) in [5, 5.41) is 12.2. The van der Waals surface area contributed by atoms with Crippen LogP contribution in [0.4, 0.5) is 5.69 Å². The second-order valence-electron chi connectivity index (χ2n) is 5.27. The number of rotatable bonds is 5. The molecule has 5 nitrogen and oxygen atoms in total. The Labute approximate surface area is 119 Å². The van der Waals surface area contributed by atoms with Gasteiger partial charge in [-0.3, -0.25) is 4.79 Å². The minimum atomic E-state index is -0.219. The van der Waals surface area contributed by atoms with Gasteiger partial charge in [0.1, 0.15) is 11.3 Å². The van der Waals surface area contributed by atoms with Crippen LogP contribution in [0.2, 0.25) is 0 Å². The first-order valence-electron chi connectivity index (χ1n) is 6.99. The highest BCUT2D eigenvalue weighted by atomic mass is 16.5. The van der Waals surface area contributed by atoms with Gasteiger partial charge in [0.25, 0.3) is 5.91 Å². The van der Waals surface area contributed by atoms with E-state index in [1.807, 2.05) is 0 Å². The fourth-order valence-corrected chi connectivity index (χ4v) is 2.90. The van der Waals surface area contributed by atoms with Crippen LogP contribution in [0.25, 0.3) is 0 Å². The average Bonchev–Trinajstić information content (AvgIpc) is 2.91. The van der Waals surface area contributed by atoms with Gasteiger partial charge in [-0.25, -0.2) is 0 Å². The molecule has 1 aromatic rings. The molecule has 1 fully saturated rings. The molecule has 20 heavy (non-hydrogen) atoms. The van der Waals surface area contributed by atoms with E-state index in [1.165, 1.54) is 7.11 Å². The SMILES string of the molecule is COc1cccc(N)c1C(=O)NCC1CCCC1CO. The van der Waals surface area contributed by atoms with Crippen molar-refractivity contribution in [3.05, 3.63) is 23.8 Å². The number of aliphatic hydroxyl groups excluding tert-OH is 1. The Balaban J connectivity index is 2.02. The number of nitrogens with one attached hydrogen (secondary N) is 1. The predicted octanol–water partition coefficient (Wildman–Crippen LogP) is 1.42. The zero-order valence-corrected chi connectivity index (χ0v) is 11.8. The number of nitrogen functional groups attached to an aromatic ring is 1. The Bertz CT molecular complexity index is 476. The molecule has 0 saturated heterocycles. The number of hydrogen-bond donors (Lipinski definition) is 3. The number of carbonyl (C=O) groups excluding carboxylic acids is 1. The molecule has 1 aliphatic carbocycles. The summed E-state index contributed by atoms with van der Waals surface area (Å²) >= 11 is 0. The molecule has 1 amide bonds. The number of nitrogens with two attached hydrogens (primary N) is 1. The molecule has 4 N–H and O–H groups in total. The predicted molar refractivity (Wildman–Crippen MR) is 77.7 cm³/mol. The van der Waals surface area contributed by atoms with Gasteiger partial charge in [0.05, 0.1) is 7.11 Å². The summed E-state index contributed by atoms with van der Waals surface area (Å²) in [5.41, 5.74) is 6.65. The molecule has 0 bridgehead atoms. The molecular formula is C15H22N2O3. The minimum Gasteiger partial charge on any atom is -0.496 e. The summed E-state index contributed by atoms with van der Waals surface area (Å²) in [7, 11) is 1.52. The van der Waals surface area contributed by atoms with E-state index >= 15 is 0 Å².